The van der Waals surface area contributed by atoms with Crippen LogP contribution in [-0.4, -0.2) is 27.3 Å². The van der Waals surface area contributed by atoms with Crippen molar-refractivity contribution in [3.63, 3.8) is 0 Å². The molecule has 1 N–H and O–H groups in total. The van der Waals surface area contributed by atoms with E-state index in [4.69, 9.17) is 10.00 Å². The zero-order valence-electron chi connectivity index (χ0n) is 12.2. The zero-order valence-corrected chi connectivity index (χ0v) is 12.2. The van der Waals surface area contributed by atoms with Gasteiger partial charge in [-0.2, -0.15) is 5.26 Å². The minimum Gasteiger partial charge on any atom is -0.490 e. The molecular formula is C15H14FN5O2. The summed E-state index contributed by atoms with van der Waals surface area (Å²) >= 11 is 0. The van der Waals surface area contributed by atoms with Gasteiger partial charge in [-0.3, -0.25) is 4.79 Å². The van der Waals surface area contributed by atoms with Crippen molar-refractivity contribution in [2.45, 2.75) is 25.4 Å². The third-order valence-corrected chi connectivity index (χ3v) is 3.53. The fraction of sp³-hybridized carbons (Fsp3) is 0.333. The second kappa shape index (κ2) is 6.44. The number of amides is 1. The van der Waals surface area contributed by atoms with Crippen molar-refractivity contribution >= 4 is 5.91 Å². The van der Waals surface area contributed by atoms with E-state index in [1.165, 1.54) is 17.1 Å². The first-order valence-corrected chi connectivity index (χ1v) is 7.17. The molecule has 1 aliphatic rings. The normalized spacial score (nSPS) is 16.6. The zero-order chi connectivity index (χ0) is 16.2. The van der Waals surface area contributed by atoms with Crippen LogP contribution in [0.2, 0.25) is 0 Å². The van der Waals surface area contributed by atoms with Crippen LogP contribution in [0.5, 0.6) is 5.75 Å². The fourth-order valence-corrected chi connectivity index (χ4v) is 2.53. The van der Waals surface area contributed by atoms with E-state index in [2.05, 4.69) is 15.4 Å². The second-order valence-electron chi connectivity index (χ2n) is 5.15. The number of fused-ring (bicyclic) bond motifs is 1. The number of rotatable bonds is 3. The van der Waals surface area contributed by atoms with E-state index in [-0.39, 0.29) is 30.1 Å². The topological polar surface area (TPSA) is 92.8 Å². The Morgan fingerprint density at radius 3 is 3.22 bits per heavy atom. The SMILES string of the molecule is N#Cc1ncn(CC(=O)NC2CCCOc3c(F)cccc32)n1. The highest BCUT2D eigenvalue weighted by molar-refractivity contribution is 5.76. The summed E-state index contributed by atoms with van der Waals surface area (Å²) in [5.41, 5.74) is 0.632. The number of hydrogen-bond donors (Lipinski definition) is 1. The van der Waals surface area contributed by atoms with Gasteiger partial charge in [-0.25, -0.2) is 14.1 Å². The highest BCUT2D eigenvalue weighted by Crippen LogP contribution is 2.33. The molecule has 7 nitrogen and oxygen atoms in total. The molecule has 0 aliphatic carbocycles. The number of nitrogens with one attached hydrogen (secondary N) is 1. The van der Waals surface area contributed by atoms with Gasteiger partial charge in [0.25, 0.3) is 5.82 Å². The molecule has 0 radical (unpaired) electrons. The molecule has 1 aliphatic heterocycles. The highest BCUT2D eigenvalue weighted by Gasteiger charge is 2.23. The number of halogens is 1. The third-order valence-electron chi connectivity index (χ3n) is 3.53. The monoisotopic (exact) mass is 315 g/mol. The lowest BCUT2D eigenvalue weighted by Crippen LogP contribution is -2.31. The van der Waals surface area contributed by atoms with E-state index in [0.29, 0.717) is 25.0 Å². The number of nitrogens with zero attached hydrogens (tertiary/aromatic N) is 4. The van der Waals surface area contributed by atoms with E-state index in [9.17, 15) is 9.18 Å². The molecule has 1 aromatic heterocycles. The molecule has 0 saturated carbocycles. The predicted octanol–water partition coefficient (Wildman–Crippen LogP) is 1.32. The summed E-state index contributed by atoms with van der Waals surface area (Å²) in [5.74, 6) is -0.518. The Kier molecular flexibility index (Phi) is 4.19. The molecule has 2 aromatic rings. The van der Waals surface area contributed by atoms with Crippen molar-refractivity contribution in [2.24, 2.45) is 0 Å². The molecule has 23 heavy (non-hydrogen) atoms. The van der Waals surface area contributed by atoms with Crippen LogP contribution in [0, 0.1) is 17.1 Å². The van der Waals surface area contributed by atoms with Gasteiger partial charge in [-0.1, -0.05) is 12.1 Å². The number of hydrogen-bond acceptors (Lipinski definition) is 5. The number of ether oxygens (including phenoxy) is 1. The quantitative estimate of drug-likeness (QED) is 0.922. The van der Waals surface area contributed by atoms with Crippen molar-refractivity contribution < 1.29 is 13.9 Å². The third kappa shape index (κ3) is 3.29. The van der Waals surface area contributed by atoms with Crippen LogP contribution < -0.4 is 10.1 Å². The van der Waals surface area contributed by atoms with Gasteiger partial charge in [0.15, 0.2) is 11.6 Å². The molecule has 2 heterocycles. The predicted molar refractivity (Wildman–Crippen MR) is 76.7 cm³/mol. The first kappa shape index (κ1) is 15.0. The van der Waals surface area contributed by atoms with Crippen LogP contribution in [-0.2, 0) is 11.3 Å². The van der Waals surface area contributed by atoms with Crippen molar-refractivity contribution in [3.8, 4) is 11.8 Å². The first-order valence-electron chi connectivity index (χ1n) is 7.17. The molecule has 1 atom stereocenters. The Morgan fingerprint density at radius 1 is 1.57 bits per heavy atom. The second-order valence-corrected chi connectivity index (χ2v) is 5.15. The number of carbonyl (C=O) groups excluding carboxylic acids is 1. The van der Waals surface area contributed by atoms with Gasteiger partial charge >= 0.3 is 0 Å². The Balaban J connectivity index is 1.73. The van der Waals surface area contributed by atoms with E-state index in [0.717, 1.165) is 0 Å². The standard InChI is InChI=1S/C15H14FN5O2/c16-11-4-1-3-10-12(5-2-6-23-15(10)11)19-14(22)8-21-9-18-13(7-17)20-21/h1,3-4,9,12H,2,5-6,8H2,(H,19,22). The number of nitriles is 1. The van der Waals surface area contributed by atoms with Gasteiger partial charge in [-0.15, -0.1) is 5.10 Å². The molecule has 0 saturated heterocycles. The van der Waals surface area contributed by atoms with Gasteiger partial charge in [-0.05, 0) is 18.9 Å². The Labute approximate surface area is 131 Å². The average molecular weight is 315 g/mol. The lowest BCUT2D eigenvalue weighted by molar-refractivity contribution is -0.122. The number of benzene rings is 1. The van der Waals surface area contributed by atoms with Crippen molar-refractivity contribution in [2.75, 3.05) is 6.61 Å². The Bertz CT molecular complexity index is 767. The van der Waals surface area contributed by atoms with Gasteiger partial charge in [0.1, 0.15) is 18.9 Å². The van der Waals surface area contributed by atoms with Gasteiger partial charge in [0.2, 0.25) is 5.91 Å². The van der Waals surface area contributed by atoms with Crippen molar-refractivity contribution in [1.29, 1.82) is 5.26 Å². The van der Waals surface area contributed by atoms with Crippen LogP contribution >= 0.6 is 0 Å². The fourth-order valence-electron chi connectivity index (χ4n) is 2.53. The molecule has 1 amide bonds. The molecule has 0 fully saturated rings. The van der Waals surface area contributed by atoms with Crippen molar-refractivity contribution in [1.82, 2.24) is 20.1 Å². The molecule has 0 spiro atoms. The molecule has 118 valence electrons. The van der Waals surface area contributed by atoms with E-state index >= 15 is 0 Å². The molecular weight excluding hydrogens is 301 g/mol. The smallest absolute Gasteiger partial charge is 0.252 e. The number of aromatic nitrogens is 3. The summed E-state index contributed by atoms with van der Waals surface area (Å²) in [5, 5.41) is 15.4. The van der Waals surface area contributed by atoms with E-state index < -0.39 is 5.82 Å². The van der Waals surface area contributed by atoms with E-state index in [1.807, 2.05) is 0 Å². The molecule has 1 unspecified atom stereocenters. The summed E-state index contributed by atoms with van der Waals surface area (Å²) < 4.78 is 20.6. The van der Waals surface area contributed by atoms with Crippen LogP contribution in [0.25, 0.3) is 0 Å². The Morgan fingerprint density at radius 2 is 2.43 bits per heavy atom. The summed E-state index contributed by atoms with van der Waals surface area (Å²) in [6.07, 6.45) is 2.69. The number of para-hydroxylation sites is 1. The average Bonchev–Trinajstić information content (AvgIpc) is 2.89. The lowest BCUT2D eigenvalue weighted by Gasteiger charge is -2.18. The maximum Gasteiger partial charge on any atom is 0.252 e. The number of carbonyl (C=O) groups is 1. The molecule has 8 heteroatoms. The summed E-state index contributed by atoms with van der Waals surface area (Å²) in [6, 6.07) is 6.15. The summed E-state index contributed by atoms with van der Waals surface area (Å²) in [7, 11) is 0. The summed E-state index contributed by atoms with van der Waals surface area (Å²) in [6.45, 7) is 0.353. The van der Waals surface area contributed by atoms with Crippen LogP contribution in [0.3, 0.4) is 0 Å². The first-order chi connectivity index (χ1) is 11.2. The lowest BCUT2D eigenvalue weighted by atomic mass is 10.0. The van der Waals surface area contributed by atoms with E-state index in [1.54, 1.807) is 18.2 Å². The maximum atomic E-state index is 13.9. The largest absolute Gasteiger partial charge is 0.490 e. The highest BCUT2D eigenvalue weighted by atomic mass is 19.1. The molecule has 0 bridgehead atoms. The minimum absolute atomic E-state index is 0.00748. The minimum atomic E-state index is -0.432. The maximum absolute atomic E-state index is 13.9. The van der Waals surface area contributed by atoms with Gasteiger partial charge in [0, 0.05) is 5.56 Å². The van der Waals surface area contributed by atoms with Gasteiger partial charge in [0.05, 0.1) is 12.6 Å². The summed E-state index contributed by atoms with van der Waals surface area (Å²) in [4.78, 5) is 15.9. The molecule has 1 aromatic carbocycles. The Hall–Kier alpha value is -2.95. The van der Waals surface area contributed by atoms with Crippen molar-refractivity contribution in [3.05, 3.63) is 41.7 Å². The van der Waals surface area contributed by atoms with Crippen LogP contribution in [0.1, 0.15) is 30.3 Å². The van der Waals surface area contributed by atoms with Crippen LogP contribution in [0.15, 0.2) is 24.5 Å². The van der Waals surface area contributed by atoms with Gasteiger partial charge < -0.3 is 10.1 Å². The van der Waals surface area contributed by atoms with Crippen LogP contribution in [0.4, 0.5) is 4.39 Å². The molecule has 3 rings (SSSR count).